The smallest absolute Gasteiger partial charge is 0.222 e. The van der Waals surface area contributed by atoms with Crippen molar-refractivity contribution >= 4 is 40.2 Å². The van der Waals surface area contributed by atoms with Crippen molar-refractivity contribution in [3.05, 3.63) is 71.2 Å². The third kappa shape index (κ3) is 4.13. The van der Waals surface area contributed by atoms with Crippen LogP contribution in [-0.4, -0.2) is 36.0 Å². The van der Waals surface area contributed by atoms with Gasteiger partial charge in [0.15, 0.2) is 11.5 Å². The number of aromatic amines is 1. The number of benzene rings is 1. The minimum atomic E-state index is -0.552. The molecule has 0 aliphatic rings. The third-order valence-electron chi connectivity index (χ3n) is 3.93. The van der Waals surface area contributed by atoms with Crippen LogP contribution in [0.1, 0.15) is 11.4 Å². The van der Waals surface area contributed by atoms with E-state index in [1.807, 2.05) is 0 Å². The van der Waals surface area contributed by atoms with E-state index in [4.69, 9.17) is 11.6 Å². The van der Waals surface area contributed by atoms with Crippen molar-refractivity contribution in [1.82, 2.24) is 30.4 Å². The molecule has 0 atom stereocenters. The number of imidazole rings is 1. The molecule has 0 saturated carbocycles. The molecule has 0 unspecified atom stereocenters. The Labute approximate surface area is 168 Å². The fourth-order valence-corrected chi connectivity index (χ4v) is 2.80. The predicted octanol–water partition coefficient (Wildman–Crippen LogP) is 3.21. The monoisotopic (exact) mass is 412 g/mol. The molecule has 0 bridgehead atoms. The van der Waals surface area contributed by atoms with Gasteiger partial charge in [0.05, 0.1) is 22.8 Å². The first-order valence-electron chi connectivity index (χ1n) is 8.43. The number of H-pyrrole nitrogens is 1. The zero-order chi connectivity index (χ0) is 20.2. The summed E-state index contributed by atoms with van der Waals surface area (Å²) >= 11 is 5.80. The van der Waals surface area contributed by atoms with Gasteiger partial charge in [0.25, 0.3) is 0 Å². The van der Waals surface area contributed by atoms with E-state index in [0.717, 1.165) is 0 Å². The summed E-state index contributed by atoms with van der Waals surface area (Å²) in [6, 6.07) is 7.38. The molecule has 3 aromatic heterocycles. The SMILES string of the molecule is ONC(=Nc1ccc(F)c(Cl)c1)c1ccnc2nc(CNc3ncccn3)[nH]c12. The van der Waals surface area contributed by atoms with Gasteiger partial charge in [-0.1, -0.05) is 11.6 Å². The van der Waals surface area contributed by atoms with Crippen LogP contribution in [0.4, 0.5) is 16.0 Å². The number of nitrogens with zero attached hydrogens (tertiary/aromatic N) is 5. The second-order valence-corrected chi connectivity index (χ2v) is 6.24. The number of rotatable bonds is 5. The van der Waals surface area contributed by atoms with Gasteiger partial charge in [0.2, 0.25) is 5.95 Å². The van der Waals surface area contributed by atoms with Crippen molar-refractivity contribution in [2.24, 2.45) is 4.99 Å². The summed E-state index contributed by atoms with van der Waals surface area (Å²) < 4.78 is 13.4. The Kier molecular flexibility index (Phi) is 5.27. The first-order valence-corrected chi connectivity index (χ1v) is 8.80. The number of pyridine rings is 1. The fraction of sp³-hybridized carbons (Fsp3) is 0.0556. The summed E-state index contributed by atoms with van der Waals surface area (Å²) in [5.74, 6) is 0.626. The van der Waals surface area contributed by atoms with Gasteiger partial charge in [-0.25, -0.2) is 29.3 Å². The normalized spacial score (nSPS) is 11.6. The van der Waals surface area contributed by atoms with Crippen LogP contribution in [0, 0.1) is 5.82 Å². The van der Waals surface area contributed by atoms with Crippen LogP contribution in [0.2, 0.25) is 5.02 Å². The average molecular weight is 413 g/mol. The van der Waals surface area contributed by atoms with Gasteiger partial charge in [-0.2, -0.15) is 0 Å². The Morgan fingerprint density at radius 1 is 1.17 bits per heavy atom. The lowest BCUT2D eigenvalue weighted by Gasteiger charge is -2.06. The van der Waals surface area contributed by atoms with Crippen molar-refractivity contribution in [3.63, 3.8) is 0 Å². The van der Waals surface area contributed by atoms with E-state index in [1.165, 1.54) is 18.2 Å². The minimum absolute atomic E-state index is 0.0681. The van der Waals surface area contributed by atoms with Gasteiger partial charge >= 0.3 is 0 Å². The van der Waals surface area contributed by atoms with Crippen LogP contribution < -0.4 is 10.8 Å². The molecule has 11 heteroatoms. The van der Waals surface area contributed by atoms with E-state index < -0.39 is 5.82 Å². The Bertz CT molecular complexity index is 1180. The first kappa shape index (κ1) is 18.7. The summed E-state index contributed by atoms with van der Waals surface area (Å²) in [5, 5.41) is 12.6. The van der Waals surface area contributed by atoms with Crippen molar-refractivity contribution in [3.8, 4) is 0 Å². The molecule has 4 N–H and O–H groups in total. The maximum Gasteiger partial charge on any atom is 0.222 e. The number of hydrogen-bond donors (Lipinski definition) is 4. The number of hydroxylamine groups is 1. The van der Waals surface area contributed by atoms with Gasteiger partial charge < -0.3 is 10.3 Å². The fourth-order valence-electron chi connectivity index (χ4n) is 2.62. The van der Waals surface area contributed by atoms with Crippen molar-refractivity contribution in [2.45, 2.75) is 6.54 Å². The van der Waals surface area contributed by atoms with Crippen LogP contribution in [0.25, 0.3) is 11.2 Å². The molecule has 9 nitrogen and oxygen atoms in total. The molecule has 0 amide bonds. The van der Waals surface area contributed by atoms with E-state index >= 15 is 0 Å². The quantitative estimate of drug-likeness (QED) is 0.225. The highest BCUT2D eigenvalue weighted by Gasteiger charge is 2.13. The molecule has 1 aromatic carbocycles. The van der Waals surface area contributed by atoms with Crippen LogP contribution in [-0.2, 0) is 6.54 Å². The zero-order valence-corrected chi connectivity index (χ0v) is 15.5. The molecule has 29 heavy (non-hydrogen) atoms. The van der Waals surface area contributed by atoms with Gasteiger partial charge in [0, 0.05) is 24.2 Å². The summed E-state index contributed by atoms with van der Waals surface area (Å²) in [6.45, 7) is 0.340. The first-order chi connectivity index (χ1) is 14.1. The Hall–Kier alpha value is -3.63. The highest BCUT2D eigenvalue weighted by molar-refractivity contribution is 6.31. The highest BCUT2D eigenvalue weighted by Crippen LogP contribution is 2.23. The van der Waals surface area contributed by atoms with E-state index in [2.05, 4.69) is 40.7 Å². The van der Waals surface area contributed by atoms with E-state index in [-0.39, 0.29) is 10.9 Å². The second-order valence-electron chi connectivity index (χ2n) is 5.84. The number of aromatic nitrogens is 5. The molecular formula is C18H14ClFN8O. The molecular weight excluding hydrogens is 399 g/mol. The summed E-state index contributed by atoms with van der Waals surface area (Å²) in [7, 11) is 0. The standard InChI is InChI=1S/C18H14ClFN8O/c19-12-8-10(2-3-13(12)20)25-16(28-29)11-4-7-21-17-15(11)26-14(27-17)9-24-18-22-5-1-6-23-18/h1-8,29H,9H2,(H,25,28)(H,21,26,27)(H,22,23,24). The second kappa shape index (κ2) is 8.17. The van der Waals surface area contributed by atoms with Crippen LogP contribution >= 0.6 is 11.6 Å². The van der Waals surface area contributed by atoms with Crippen molar-refractivity contribution in [1.29, 1.82) is 0 Å². The minimum Gasteiger partial charge on any atom is -0.347 e. The predicted molar refractivity (Wildman–Crippen MR) is 106 cm³/mol. The van der Waals surface area contributed by atoms with Crippen LogP contribution in [0.3, 0.4) is 0 Å². The maximum absolute atomic E-state index is 13.4. The lowest BCUT2D eigenvalue weighted by Crippen LogP contribution is -2.20. The van der Waals surface area contributed by atoms with E-state index in [0.29, 0.717) is 40.7 Å². The zero-order valence-electron chi connectivity index (χ0n) is 14.8. The number of anilines is 1. The molecule has 146 valence electrons. The number of nitrogens with one attached hydrogen (secondary N) is 3. The molecule has 0 fully saturated rings. The molecule has 0 radical (unpaired) electrons. The van der Waals surface area contributed by atoms with Gasteiger partial charge in [0.1, 0.15) is 11.6 Å². The maximum atomic E-state index is 13.4. The van der Waals surface area contributed by atoms with Gasteiger partial charge in [-0.05, 0) is 30.3 Å². The lowest BCUT2D eigenvalue weighted by molar-refractivity contribution is 0.235. The largest absolute Gasteiger partial charge is 0.347 e. The van der Waals surface area contributed by atoms with Gasteiger partial charge in [-0.15, -0.1) is 0 Å². The number of hydrogen-bond acceptors (Lipinski definition) is 7. The molecule has 3 heterocycles. The molecule has 4 aromatic rings. The van der Waals surface area contributed by atoms with E-state index in [9.17, 15) is 9.60 Å². The number of fused-ring (bicyclic) bond motifs is 1. The Morgan fingerprint density at radius 2 is 2.00 bits per heavy atom. The van der Waals surface area contributed by atoms with Crippen molar-refractivity contribution in [2.75, 3.05) is 5.32 Å². The summed E-state index contributed by atoms with van der Waals surface area (Å²) in [4.78, 5) is 24.3. The van der Waals surface area contributed by atoms with Crippen molar-refractivity contribution < 1.29 is 9.60 Å². The molecule has 0 spiro atoms. The van der Waals surface area contributed by atoms with Gasteiger partial charge in [-0.3, -0.25) is 10.7 Å². The number of aliphatic imine (C=N–C) groups is 1. The third-order valence-corrected chi connectivity index (χ3v) is 4.22. The topological polar surface area (TPSA) is 124 Å². The number of halogens is 2. The average Bonchev–Trinajstić information content (AvgIpc) is 3.17. The van der Waals surface area contributed by atoms with Crippen LogP contribution in [0.15, 0.2) is 53.9 Å². The molecule has 0 saturated heterocycles. The van der Waals surface area contributed by atoms with E-state index in [1.54, 1.807) is 30.7 Å². The summed E-state index contributed by atoms with van der Waals surface area (Å²) in [6.07, 6.45) is 4.80. The Morgan fingerprint density at radius 3 is 2.76 bits per heavy atom. The molecule has 4 rings (SSSR count). The molecule has 0 aliphatic carbocycles. The molecule has 0 aliphatic heterocycles. The summed E-state index contributed by atoms with van der Waals surface area (Å²) in [5.41, 5.74) is 3.94. The Balaban J connectivity index is 1.66. The van der Waals surface area contributed by atoms with Crippen LogP contribution in [0.5, 0.6) is 0 Å². The highest BCUT2D eigenvalue weighted by atomic mass is 35.5. The number of amidine groups is 1. The lowest BCUT2D eigenvalue weighted by atomic mass is 10.2.